The van der Waals surface area contributed by atoms with Gasteiger partial charge in [0.25, 0.3) is 0 Å². The van der Waals surface area contributed by atoms with Gasteiger partial charge < -0.3 is 9.80 Å². The molecule has 0 saturated carbocycles. The number of nitrogens with one attached hydrogen (secondary N) is 1. The van der Waals surface area contributed by atoms with Crippen molar-refractivity contribution in [3.8, 4) is 0 Å². The Morgan fingerprint density at radius 2 is 1.56 bits per heavy atom. The maximum Gasteiger partial charge on any atom is 0.329 e. The van der Waals surface area contributed by atoms with Gasteiger partial charge in [0, 0.05) is 25.1 Å². The van der Waals surface area contributed by atoms with Crippen LogP contribution in [-0.2, 0) is 6.42 Å². The summed E-state index contributed by atoms with van der Waals surface area (Å²) in [5, 5.41) is 0. The molecule has 0 spiro atoms. The van der Waals surface area contributed by atoms with Crippen molar-refractivity contribution >= 4 is 17.4 Å². The van der Waals surface area contributed by atoms with E-state index in [1.54, 1.807) is 4.90 Å². The van der Waals surface area contributed by atoms with Crippen molar-refractivity contribution in [2.75, 3.05) is 31.1 Å². The SMILES string of the molecule is CCN(CC)C(=O)N1c2ccccc2C[C@@H]([NH+](CC)CC)c2ccccc21. The lowest BCUT2D eigenvalue weighted by atomic mass is 9.97. The zero-order chi connectivity index (χ0) is 19.4. The first kappa shape index (κ1) is 19.4. The third-order valence-electron chi connectivity index (χ3n) is 5.84. The van der Waals surface area contributed by atoms with Crippen molar-refractivity contribution < 1.29 is 9.69 Å². The van der Waals surface area contributed by atoms with Crippen LogP contribution in [0.2, 0.25) is 0 Å². The number of likely N-dealkylation sites (N-methyl/N-ethyl adjacent to an activating group) is 1. The van der Waals surface area contributed by atoms with E-state index in [4.69, 9.17) is 0 Å². The number of anilines is 2. The number of hydrogen-bond acceptors (Lipinski definition) is 1. The fourth-order valence-electron chi connectivity index (χ4n) is 4.30. The molecule has 0 aromatic heterocycles. The lowest BCUT2D eigenvalue weighted by molar-refractivity contribution is -0.928. The van der Waals surface area contributed by atoms with Gasteiger partial charge in [0.05, 0.1) is 24.5 Å². The topological polar surface area (TPSA) is 28.0 Å². The first-order valence-corrected chi connectivity index (χ1v) is 10.3. The van der Waals surface area contributed by atoms with Gasteiger partial charge in [0.15, 0.2) is 0 Å². The molecule has 2 aromatic rings. The highest BCUT2D eigenvalue weighted by Crippen LogP contribution is 2.39. The molecular formula is C23H32N3O+. The Kier molecular flexibility index (Phi) is 6.17. The molecule has 1 N–H and O–H groups in total. The summed E-state index contributed by atoms with van der Waals surface area (Å²) in [4.78, 5) is 18.9. The molecule has 1 heterocycles. The molecule has 4 heteroatoms. The highest BCUT2D eigenvalue weighted by molar-refractivity contribution is 6.01. The largest absolute Gasteiger partial charge is 0.329 e. The van der Waals surface area contributed by atoms with E-state index in [2.05, 4.69) is 50.2 Å². The van der Waals surface area contributed by atoms with Crippen LogP contribution in [0.1, 0.15) is 44.9 Å². The number of rotatable bonds is 5. The minimum atomic E-state index is 0.0649. The van der Waals surface area contributed by atoms with E-state index in [1.165, 1.54) is 11.1 Å². The van der Waals surface area contributed by atoms with Gasteiger partial charge >= 0.3 is 6.03 Å². The standard InChI is InChI=1S/C23H31N3O/c1-5-24(6-2)22-17-18-13-9-11-15-20(18)26(23(27)25(7-3)8-4)21-16-12-10-14-19(21)22/h9-16,22H,5-8,17H2,1-4H3/p+1/t22-/m1/s1. The van der Waals surface area contributed by atoms with Crippen molar-refractivity contribution in [2.24, 2.45) is 0 Å². The minimum Gasteiger partial charge on any atom is -0.329 e. The molecule has 27 heavy (non-hydrogen) atoms. The Balaban J connectivity index is 2.22. The van der Waals surface area contributed by atoms with Gasteiger partial charge in [-0.25, -0.2) is 4.79 Å². The number of amides is 2. The molecule has 0 unspecified atom stereocenters. The van der Waals surface area contributed by atoms with Crippen LogP contribution < -0.4 is 9.80 Å². The predicted molar refractivity (Wildman–Crippen MR) is 112 cm³/mol. The molecule has 4 nitrogen and oxygen atoms in total. The number of hydrogen-bond donors (Lipinski definition) is 1. The fourth-order valence-corrected chi connectivity index (χ4v) is 4.30. The zero-order valence-electron chi connectivity index (χ0n) is 17.0. The van der Waals surface area contributed by atoms with E-state index in [9.17, 15) is 4.79 Å². The van der Waals surface area contributed by atoms with E-state index in [0.29, 0.717) is 19.1 Å². The van der Waals surface area contributed by atoms with Gasteiger partial charge in [-0.3, -0.25) is 4.90 Å². The molecule has 0 bridgehead atoms. The lowest BCUT2D eigenvalue weighted by Crippen LogP contribution is -3.11. The van der Waals surface area contributed by atoms with Gasteiger partial charge in [-0.05, 0) is 45.4 Å². The summed E-state index contributed by atoms with van der Waals surface area (Å²) in [6.45, 7) is 12.1. The monoisotopic (exact) mass is 366 g/mol. The van der Waals surface area contributed by atoms with Crippen molar-refractivity contribution in [3.63, 3.8) is 0 Å². The van der Waals surface area contributed by atoms with Gasteiger partial charge in [0.2, 0.25) is 0 Å². The van der Waals surface area contributed by atoms with Crippen LogP contribution in [0.15, 0.2) is 48.5 Å². The van der Waals surface area contributed by atoms with E-state index >= 15 is 0 Å². The predicted octanol–water partition coefficient (Wildman–Crippen LogP) is 3.81. The highest BCUT2D eigenvalue weighted by atomic mass is 16.2. The van der Waals surface area contributed by atoms with Crippen LogP contribution in [0.25, 0.3) is 0 Å². The average Bonchev–Trinajstić information content (AvgIpc) is 2.84. The van der Waals surface area contributed by atoms with Crippen molar-refractivity contribution in [1.29, 1.82) is 0 Å². The molecule has 1 aliphatic heterocycles. The molecule has 0 aliphatic carbocycles. The van der Waals surface area contributed by atoms with E-state index in [1.807, 2.05) is 35.8 Å². The van der Waals surface area contributed by atoms with Crippen LogP contribution in [0.4, 0.5) is 16.2 Å². The summed E-state index contributed by atoms with van der Waals surface area (Å²) in [6.07, 6.45) is 0.951. The molecule has 0 radical (unpaired) electrons. The second-order valence-electron chi connectivity index (χ2n) is 7.10. The maximum absolute atomic E-state index is 13.5. The number of carbonyl (C=O) groups is 1. The van der Waals surface area contributed by atoms with Gasteiger partial charge in [-0.15, -0.1) is 0 Å². The second-order valence-corrected chi connectivity index (χ2v) is 7.10. The molecule has 1 atom stereocenters. The third-order valence-corrected chi connectivity index (χ3v) is 5.84. The Morgan fingerprint density at radius 1 is 0.963 bits per heavy atom. The summed E-state index contributed by atoms with van der Waals surface area (Å²) in [7, 11) is 0. The number of fused-ring (bicyclic) bond motifs is 2. The molecule has 2 amide bonds. The van der Waals surface area contributed by atoms with Crippen LogP contribution in [0.3, 0.4) is 0 Å². The fraction of sp³-hybridized carbons (Fsp3) is 0.435. The van der Waals surface area contributed by atoms with Crippen molar-refractivity contribution in [1.82, 2.24) is 4.90 Å². The van der Waals surface area contributed by atoms with E-state index in [0.717, 1.165) is 30.9 Å². The summed E-state index contributed by atoms with van der Waals surface area (Å²) in [5.74, 6) is 0. The number of urea groups is 1. The van der Waals surface area contributed by atoms with Crippen LogP contribution >= 0.6 is 0 Å². The minimum absolute atomic E-state index is 0.0649. The first-order chi connectivity index (χ1) is 13.2. The molecular weight excluding hydrogens is 334 g/mol. The summed E-state index contributed by atoms with van der Waals surface area (Å²) in [6, 6.07) is 17.3. The number of para-hydroxylation sites is 2. The number of nitrogens with zero attached hydrogens (tertiary/aromatic N) is 2. The summed E-state index contributed by atoms with van der Waals surface area (Å²) in [5.41, 5.74) is 4.58. The first-order valence-electron chi connectivity index (χ1n) is 10.3. The smallest absolute Gasteiger partial charge is 0.329 e. The van der Waals surface area contributed by atoms with Crippen LogP contribution in [0, 0.1) is 0 Å². The number of quaternary nitrogens is 1. The Bertz CT molecular complexity index is 781. The Hall–Kier alpha value is -2.33. The molecule has 0 fully saturated rings. The van der Waals surface area contributed by atoms with Gasteiger partial charge in [-0.1, -0.05) is 36.4 Å². The maximum atomic E-state index is 13.5. The Labute approximate surface area is 163 Å². The normalized spacial score (nSPS) is 15.9. The number of benzene rings is 2. The molecule has 3 rings (SSSR count). The molecule has 0 saturated heterocycles. The molecule has 1 aliphatic rings. The van der Waals surface area contributed by atoms with Gasteiger partial charge in [0.1, 0.15) is 6.04 Å². The summed E-state index contributed by atoms with van der Waals surface area (Å²) < 4.78 is 0. The Morgan fingerprint density at radius 3 is 2.19 bits per heavy atom. The second kappa shape index (κ2) is 8.57. The van der Waals surface area contributed by atoms with Crippen LogP contribution in [-0.4, -0.2) is 37.1 Å². The zero-order valence-corrected chi connectivity index (χ0v) is 17.0. The highest BCUT2D eigenvalue weighted by Gasteiger charge is 2.35. The average molecular weight is 367 g/mol. The third kappa shape index (κ3) is 3.59. The molecule has 2 aromatic carbocycles. The quantitative estimate of drug-likeness (QED) is 0.856. The van der Waals surface area contributed by atoms with Crippen molar-refractivity contribution in [2.45, 2.75) is 40.2 Å². The van der Waals surface area contributed by atoms with Crippen molar-refractivity contribution in [3.05, 3.63) is 59.7 Å². The van der Waals surface area contributed by atoms with Crippen LogP contribution in [0.5, 0.6) is 0 Å². The van der Waals surface area contributed by atoms with E-state index in [-0.39, 0.29) is 6.03 Å². The molecule has 144 valence electrons. The lowest BCUT2D eigenvalue weighted by Gasteiger charge is -2.31. The summed E-state index contributed by atoms with van der Waals surface area (Å²) >= 11 is 0. The number of carbonyl (C=O) groups excluding carboxylic acids is 1. The van der Waals surface area contributed by atoms with Gasteiger partial charge in [-0.2, -0.15) is 0 Å². The van der Waals surface area contributed by atoms with E-state index < -0.39 is 0 Å².